The molecule has 19 heavy (non-hydrogen) atoms. The lowest BCUT2D eigenvalue weighted by Gasteiger charge is -2.34. The third-order valence-electron chi connectivity index (χ3n) is 4.14. The Morgan fingerprint density at radius 1 is 1.16 bits per heavy atom. The fourth-order valence-electron chi connectivity index (χ4n) is 2.68. The van der Waals surface area contributed by atoms with Crippen molar-refractivity contribution < 1.29 is 0 Å². The molecule has 2 heteroatoms. The predicted octanol–water partition coefficient (Wildman–Crippen LogP) is 4.80. The third-order valence-corrected chi connectivity index (χ3v) is 4.91. The number of hydrogen-bond donors (Lipinski definition) is 1. The molecule has 1 atom stereocenters. The maximum atomic E-state index is 3.71. The topological polar surface area (TPSA) is 12.0 Å². The summed E-state index contributed by atoms with van der Waals surface area (Å²) in [5.74, 6) is 0.884. The Balaban J connectivity index is 2.09. The summed E-state index contributed by atoms with van der Waals surface area (Å²) < 4.78 is 1.25. The van der Waals surface area contributed by atoms with Crippen LogP contribution in [-0.4, -0.2) is 12.1 Å². The molecule has 0 amide bonds. The molecule has 1 aromatic rings. The van der Waals surface area contributed by atoms with Crippen LogP contribution < -0.4 is 5.32 Å². The first-order valence-corrected chi connectivity index (χ1v) is 8.08. The Labute approximate surface area is 126 Å². The van der Waals surface area contributed by atoms with E-state index in [1.807, 2.05) is 0 Å². The van der Waals surface area contributed by atoms with Crippen molar-refractivity contribution in [3.63, 3.8) is 0 Å². The van der Waals surface area contributed by atoms with Crippen LogP contribution in [-0.2, 0) is 6.42 Å². The van der Waals surface area contributed by atoms with Crippen molar-refractivity contribution in [2.45, 2.75) is 52.5 Å². The molecule has 1 unspecified atom stereocenters. The maximum Gasteiger partial charge on any atom is 0.0207 e. The summed E-state index contributed by atoms with van der Waals surface area (Å²) in [6.45, 7) is 10.3. The first-order chi connectivity index (χ1) is 8.80. The van der Waals surface area contributed by atoms with Crippen molar-refractivity contribution >= 4 is 15.9 Å². The Hall–Kier alpha value is -0.340. The molecule has 106 valence electrons. The molecule has 1 aliphatic carbocycles. The number of hydrogen-bond acceptors (Lipinski definition) is 1. The minimum Gasteiger partial charge on any atom is -0.312 e. The zero-order chi connectivity index (χ0) is 14.1. The zero-order valence-electron chi connectivity index (χ0n) is 12.6. The standard InChI is InChI=1S/C17H26BrN/c1-16(2,3)19-12-17(4,14-9-10-14)11-13-7-5-6-8-15(13)18/h5-8,14,19H,9-12H2,1-4H3. The van der Waals surface area contributed by atoms with E-state index >= 15 is 0 Å². The van der Waals surface area contributed by atoms with Crippen LogP contribution in [0.3, 0.4) is 0 Å². The van der Waals surface area contributed by atoms with Crippen LogP contribution in [0.4, 0.5) is 0 Å². The van der Waals surface area contributed by atoms with Gasteiger partial charge in [-0.2, -0.15) is 0 Å². The summed E-state index contributed by atoms with van der Waals surface area (Å²) in [5, 5.41) is 3.71. The molecule has 1 nitrogen and oxygen atoms in total. The predicted molar refractivity (Wildman–Crippen MR) is 86.4 cm³/mol. The highest BCUT2D eigenvalue weighted by Crippen LogP contribution is 2.47. The first kappa shape index (κ1) is 15.1. The molecule has 1 aliphatic rings. The SMILES string of the molecule is CC(C)(C)NCC(C)(Cc1ccccc1Br)C1CC1. The van der Waals surface area contributed by atoms with Gasteiger partial charge in [0, 0.05) is 16.6 Å². The Morgan fingerprint density at radius 2 is 1.79 bits per heavy atom. The molecule has 0 aliphatic heterocycles. The second-order valence-corrected chi connectivity index (χ2v) is 8.15. The van der Waals surface area contributed by atoms with Gasteiger partial charge in [0.1, 0.15) is 0 Å². The van der Waals surface area contributed by atoms with Crippen molar-refractivity contribution in [1.82, 2.24) is 5.32 Å². The van der Waals surface area contributed by atoms with E-state index in [9.17, 15) is 0 Å². The molecular formula is C17H26BrN. The van der Waals surface area contributed by atoms with E-state index in [2.05, 4.69) is 73.2 Å². The average molecular weight is 324 g/mol. The fourth-order valence-corrected chi connectivity index (χ4v) is 3.10. The van der Waals surface area contributed by atoms with Crippen LogP contribution in [0.2, 0.25) is 0 Å². The summed E-state index contributed by atoms with van der Waals surface area (Å²) in [4.78, 5) is 0. The number of benzene rings is 1. The molecular weight excluding hydrogens is 298 g/mol. The van der Waals surface area contributed by atoms with E-state index in [0.29, 0.717) is 5.41 Å². The van der Waals surface area contributed by atoms with Crippen molar-refractivity contribution in [3.05, 3.63) is 34.3 Å². The van der Waals surface area contributed by atoms with Gasteiger partial charge in [-0.15, -0.1) is 0 Å². The molecule has 1 fully saturated rings. The van der Waals surface area contributed by atoms with Crippen molar-refractivity contribution in [1.29, 1.82) is 0 Å². The van der Waals surface area contributed by atoms with Gasteiger partial charge in [-0.25, -0.2) is 0 Å². The summed E-state index contributed by atoms with van der Waals surface area (Å²) >= 11 is 3.69. The van der Waals surface area contributed by atoms with Crippen LogP contribution in [0.25, 0.3) is 0 Å². The molecule has 2 rings (SSSR count). The van der Waals surface area contributed by atoms with E-state index in [1.165, 1.54) is 22.9 Å². The minimum absolute atomic E-state index is 0.198. The molecule has 1 aromatic carbocycles. The lowest BCUT2D eigenvalue weighted by atomic mass is 9.78. The molecule has 1 saturated carbocycles. The molecule has 1 N–H and O–H groups in total. The summed E-state index contributed by atoms with van der Waals surface area (Å²) in [6.07, 6.45) is 3.95. The molecule has 0 aromatic heterocycles. The lowest BCUT2D eigenvalue weighted by molar-refractivity contribution is 0.227. The molecule has 0 radical (unpaired) electrons. The normalized spacial score (nSPS) is 19.2. The third kappa shape index (κ3) is 4.32. The zero-order valence-corrected chi connectivity index (χ0v) is 14.2. The maximum absolute atomic E-state index is 3.71. The monoisotopic (exact) mass is 323 g/mol. The Bertz CT molecular complexity index is 431. The molecule has 0 spiro atoms. The number of rotatable bonds is 5. The van der Waals surface area contributed by atoms with Crippen molar-refractivity contribution in [2.24, 2.45) is 11.3 Å². The highest BCUT2D eigenvalue weighted by Gasteiger charge is 2.41. The highest BCUT2D eigenvalue weighted by atomic mass is 79.9. The molecule has 0 saturated heterocycles. The van der Waals surface area contributed by atoms with Gasteiger partial charge in [-0.1, -0.05) is 41.1 Å². The number of nitrogens with one attached hydrogen (secondary N) is 1. The van der Waals surface area contributed by atoms with Crippen molar-refractivity contribution in [2.75, 3.05) is 6.54 Å². The van der Waals surface area contributed by atoms with Crippen LogP contribution in [0.5, 0.6) is 0 Å². The largest absolute Gasteiger partial charge is 0.312 e. The summed E-state index contributed by atoms with van der Waals surface area (Å²) in [7, 11) is 0. The van der Waals surface area contributed by atoms with E-state index in [4.69, 9.17) is 0 Å². The van der Waals surface area contributed by atoms with Gasteiger partial charge in [0.15, 0.2) is 0 Å². The second kappa shape index (κ2) is 5.57. The first-order valence-electron chi connectivity index (χ1n) is 7.29. The minimum atomic E-state index is 0.198. The van der Waals surface area contributed by atoms with E-state index < -0.39 is 0 Å². The van der Waals surface area contributed by atoms with Gasteiger partial charge in [-0.05, 0) is 63.0 Å². The van der Waals surface area contributed by atoms with Crippen LogP contribution in [0.15, 0.2) is 28.7 Å². The molecule has 0 heterocycles. The Kier molecular flexibility index (Phi) is 4.42. The van der Waals surface area contributed by atoms with Crippen LogP contribution >= 0.6 is 15.9 Å². The lowest BCUT2D eigenvalue weighted by Crippen LogP contribution is -2.44. The summed E-state index contributed by atoms with van der Waals surface area (Å²) in [6, 6.07) is 8.64. The second-order valence-electron chi connectivity index (χ2n) is 7.30. The average Bonchev–Trinajstić information content (AvgIpc) is 3.13. The van der Waals surface area contributed by atoms with Gasteiger partial charge >= 0.3 is 0 Å². The van der Waals surface area contributed by atoms with Crippen molar-refractivity contribution in [3.8, 4) is 0 Å². The van der Waals surface area contributed by atoms with E-state index in [0.717, 1.165) is 18.9 Å². The number of halogens is 1. The quantitative estimate of drug-likeness (QED) is 0.821. The van der Waals surface area contributed by atoms with E-state index in [1.54, 1.807) is 0 Å². The van der Waals surface area contributed by atoms with Crippen LogP contribution in [0.1, 0.15) is 46.1 Å². The van der Waals surface area contributed by atoms with E-state index in [-0.39, 0.29) is 5.54 Å². The smallest absolute Gasteiger partial charge is 0.0207 e. The van der Waals surface area contributed by atoms with Gasteiger partial charge < -0.3 is 5.32 Å². The van der Waals surface area contributed by atoms with Gasteiger partial charge in [0.25, 0.3) is 0 Å². The highest BCUT2D eigenvalue weighted by molar-refractivity contribution is 9.10. The van der Waals surface area contributed by atoms with Gasteiger partial charge in [-0.3, -0.25) is 0 Å². The Morgan fingerprint density at radius 3 is 2.32 bits per heavy atom. The summed E-state index contributed by atoms with van der Waals surface area (Å²) in [5.41, 5.74) is 2.01. The fraction of sp³-hybridized carbons (Fsp3) is 0.647. The van der Waals surface area contributed by atoms with Crippen LogP contribution in [0, 0.1) is 11.3 Å². The molecule has 0 bridgehead atoms. The van der Waals surface area contributed by atoms with Gasteiger partial charge in [0.2, 0.25) is 0 Å². The van der Waals surface area contributed by atoms with Gasteiger partial charge in [0.05, 0.1) is 0 Å².